The van der Waals surface area contributed by atoms with Gasteiger partial charge in [-0.3, -0.25) is 0 Å². The molecular formula is C11H19N3O2PS+. The molecule has 0 saturated heterocycles. The number of hydrogen-bond donors (Lipinski definition) is 0. The predicted octanol–water partition coefficient (Wildman–Crippen LogP) is 2.30. The van der Waals surface area contributed by atoms with E-state index in [1.807, 2.05) is 35.1 Å². The standard InChI is InChI=1S/C11H19N3O2PS/c1-10-6-8-11(9-7-10)18(15,16)12-17(13(2)3)14(4)5/h6-9H,1-5H3/q+1. The van der Waals surface area contributed by atoms with Crippen molar-refractivity contribution in [3.8, 4) is 0 Å². The molecule has 0 fully saturated rings. The zero-order chi connectivity index (χ0) is 13.9. The normalized spacial score (nSPS) is 11.9. The molecule has 1 aromatic rings. The molecule has 100 valence electrons. The van der Waals surface area contributed by atoms with Crippen LogP contribution in [0.5, 0.6) is 0 Å². The van der Waals surface area contributed by atoms with E-state index in [1.54, 1.807) is 33.6 Å². The molecule has 0 atom stereocenters. The number of nitrogens with zero attached hydrogens (tertiary/aromatic N) is 3. The third kappa shape index (κ3) is 3.85. The largest absolute Gasteiger partial charge is 0.415 e. The van der Waals surface area contributed by atoms with Crippen LogP contribution in [0.3, 0.4) is 0 Å². The summed E-state index contributed by atoms with van der Waals surface area (Å²) in [7, 11) is 2.49. The highest BCUT2D eigenvalue weighted by Crippen LogP contribution is 2.33. The fraction of sp³-hybridized carbons (Fsp3) is 0.455. The van der Waals surface area contributed by atoms with E-state index in [9.17, 15) is 8.42 Å². The Labute approximate surface area is 110 Å². The van der Waals surface area contributed by atoms with E-state index in [0.29, 0.717) is 0 Å². The van der Waals surface area contributed by atoms with Crippen molar-refractivity contribution < 1.29 is 8.42 Å². The summed E-state index contributed by atoms with van der Waals surface area (Å²) >= 11 is 0. The van der Waals surface area contributed by atoms with Crippen molar-refractivity contribution in [3.05, 3.63) is 29.8 Å². The Balaban J connectivity index is 3.22. The average Bonchev–Trinajstić information content (AvgIpc) is 2.26. The highest BCUT2D eigenvalue weighted by atomic mass is 32.2. The van der Waals surface area contributed by atoms with Crippen molar-refractivity contribution in [2.24, 2.45) is 4.15 Å². The maximum Gasteiger partial charge on any atom is 0.415 e. The van der Waals surface area contributed by atoms with Crippen LogP contribution in [0.2, 0.25) is 0 Å². The van der Waals surface area contributed by atoms with Crippen LogP contribution in [0.4, 0.5) is 0 Å². The second kappa shape index (κ2) is 5.89. The van der Waals surface area contributed by atoms with Crippen LogP contribution >= 0.6 is 8.01 Å². The van der Waals surface area contributed by atoms with Crippen molar-refractivity contribution in [3.63, 3.8) is 0 Å². The van der Waals surface area contributed by atoms with Crippen molar-refractivity contribution in [2.75, 3.05) is 28.2 Å². The molecule has 0 aliphatic heterocycles. The van der Waals surface area contributed by atoms with Crippen LogP contribution in [0.15, 0.2) is 33.3 Å². The average molecular weight is 288 g/mol. The van der Waals surface area contributed by atoms with E-state index in [-0.39, 0.29) is 4.90 Å². The molecule has 0 aromatic heterocycles. The smallest absolute Gasteiger partial charge is 0.196 e. The second-order valence-electron chi connectivity index (χ2n) is 4.33. The van der Waals surface area contributed by atoms with Crippen molar-refractivity contribution in [2.45, 2.75) is 11.8 Å². The third-order valence-electron chi connectivity index (χ3n) is 2.21. The van der Waals surface area contributed by atoms with Gasteiger partial charge in [-0.05, 0) is 19.1 Å². The predicted molar refractivity (Wildman–Crippen MR) is 75.1 cm³/mol. The van der Waals surface area contributed by atoms with Gasteiger partial charge < -0.3 is 0 Å². The molecule has 0 spiro atoms. The Bertz CT molecular complexity index is 526. The van der Waals surface area contributed by atoms with Gasteiger partial charge in [-0.15, -0.1) is 9.34 Å². The zero-order valence-electron chi connectivity index (χ0n) is 11.3. The molecule has 0 saturated carbocycles. The molecule has 5 nitrogen and oxygen atoms in total. The molecule has 0 heterocycles. The van der Waals surface area contributed by atoms with Crippen LogP contribution in [0, 0.1) is 6.92 Å². The number of aryl methyl sites for hydroxylation is 1. The van der Waals surface area contributed by atoms with Gasteiger partial charge in [-0.1, -0.05) is 17.7 Å². The van der Waals surface area contributed by atoms with E-state index >= 15 is 0 Å². The van der Waals surface area contributed by atoms with Crippen LogP contribution in [0.1, 0.15) is 5.56 Å². The number of hydrogen-bond acceptors (Lipinski definition) is 2. The SMILES string of the molecule is Cc1ccc(S(=O)(=O)N=[P+](N(C)C)N(C)C)cc1. The molecule has 0 unspecified atom stereocenters. The van der Waals surface area contributed by atoms with E-state index in [2.05, 4.69) is 4.15 Å². The summed E-state index contributed by atoms with van der Waals surface area (Å²) in [5, 5.41) is 0. The first-order valence-corrected chi connectivity index (χ1v) is 8.07. The molecule has 0 aliphatic rings. The fourth-order valence-electron chi connectivity index (χ4n) is 1.36. The Morgan fingerprint density at radius 1 is 1.00 bits per heavy atom. The maximum absolute atomic E-state index is 12.2. The van der Waals surface area contributed by atoms with Crippen molar-refractivity contribution in [1.29, 1.82) is 0 Å². The van der Waals surface area contributed by atoms with Crippen LogP contribution in [-0.2, 0) is 10.0 Å². The van der Waals surface area contributed by atoms with E-state index < -0.39 is 18.0 Å². The minimum absolute atomic E-state index is 0.240. The van der Waals surface area contributed by atoms with Gasteiger partial charge in [0.2, 0.25) is 0 Å². The van der Waals surface area contributed by atoms with E-state index in [0.717, 1.165) is 5.56 Å². The first-order chi connectivity index (χ1) is 8.24. The zero-order valence-corrected chi connectivity index (χ0v) is 13.0. The summed E-state index contributed by atoms with van der Waals surface area (Å²) in [5.74, 6) is 0. The summed E-state index contributed by atoms with van der Waals surface area (Å²) < 4.78 is 31.9. The Morgan fingerprint density at radius 2 is 1.44 bits per heavy atom. The first kappa shape index (κ1) is 15.2. The maximum atomic E-state index is 12.2. The van der Waals surface area contributed by atoms with Gasteiger partial charge in [-0.25, -0.2) is 0 Å². The topological polar surface area (TPSA) is 53.0 Å². The number of rotatable bonds is 4. The van der Waals surface area contributed by atoms with Gasteiger partial charge in [-0.2, -0.15) is 8.42 Å². The van der Waals surface area contributed by atoms with Crippen LogP contribution in [-0.4, -0.2) is 45.9 Å². The minimum Gasteiger partial charge on any atom is -0.196 e. The first-order valence-electron chi connectivity index (χ1n) is 5.43. The number of sulfonamides is 1. The van der Waals surface area contributed by atoms with Gasteiger partial charge in [0, 0.05) is 28.2 Å². The van der Waals surface area contributed by atoms with Crippen LogP contribution in [0.25, 0.3) is 0 Å². The molecule has 0 amide bonds. The monoisotopic (exact) mass is 288 g/mol. The van der Waals surface area contributed by atoms with Gasteiger partial charge in [0.25, 0.3) is 0 Å². The summed E-state index contributed by atoms with van der Waals surface area (Å²) in [6, 6.07) is 6.73. The minimum atomic E-state index is -3.60. The molecule has 0 bridgehead atoms. The third-order valence-corrected chi connectivity index (χ3v) is 5.96. The van der Waals surface area contributed by atoms with Crippen molar-refractivity contribution >= 4 is 18.0 Å². The molecule has 0 N–H and O–H groups in total. The number of benzene rings is 1. The lowest BCUT2D eigenvalue weighted by atomic mass is 10.2. The Morgan fingerprint density at radius 3 is 1.83 bits per heavy atom. The van der Waals surface area contributed by atoms with Gasteiger partial charge >= 0.3 is 18.0 Å². The highest BCUT2D eigenvalue weighted by Gasteiger charge is 2.27. The van der Waals surface area contributed by atoms with E-state index in [1.165, 1.54) is 0 Å². The fourth-order valence-corrected chi connectivity index (χ4v) is 4.87. The van der Waals surface area contributed by atoms with Gasteiger partial charge in [0.1, 0.15) is 0 Å². The Hall–Kier alpha value is -0.810. The summed E-state index contributed by atoms with van der Waals surface area (Å²) in [5.41, 5.74) is 1.02. The molecular weight excluding hydrogens is 269 g/mol. The molecule has 7 heteroatoms. The summed E-state index contributed by atoms with van der Waals surface area (Å²) in [6.45, 7) is 1.92. The van der Waals surface area contributed by atoms with Gasteiger partial charge in [0.05, 0.1) is 9.05 Å². The lowest BCUT2D eigenvalue weighted by molar-refractivity contribution is 0.578. The molecule has 1 rings (SSSR count). The molecule has 1 aromatic carbocycles. The quantitative estimate of drug-likeness (QED) is 0.798. The Kier molecular flexibility index (Phi) is 4.99. The summed E-state index contributed by atoms with van der Waals surface area (Å²) in [6.07, 6.45) is 0. The molecule has 0 aliphatic carbocycles. The second-order valence-corrected chi connectivity index (χ2v) is 8.54. The van der Waals surface area contributed by atoms with Crippen molar-refractivity contribution in [1.82, 2.24) is 9.34 Å². The highest BCUT2D eigenvalue weighted by molar-refractivity contribution is 7.92. The summed E-state index contributed by atoms with van der Waals surface area (Å²) in [4.78, 5) is 0.240. The lowest BCUT2D eigenvalue weighted by Gasteiger charge is -2.05. The van der Waals surface area contributed by atoms with Gasteiger partial charge in [0.15, 0.2) is 0 Å². The van der Waals surface area contributed by atoms with E-state index in [4.69, 9.17) is 0 Å². The van der Waals surface area contributed by atoms with Crippen LogP contribution < -0.4 is 0 Å². The molecule has 18 heavy (non-hydrogen) atoms. The molecule has 0 radical (unpaired) electrons. The lowest BCUT2D eigenvalue weighted by Crippen LogP contribution is -2.13.